The number of carbonyl (C=O) groups is 2. The summed E-state index contributed by atoms with van der Waals surface area (Å²) in [5, 5.41) is 3.80. The number of fused-ring (bicyclic) bond motifs is 1. The highest BCUT2D eigenvalue weighted by molar-refractivity contribution is 7.99. The van der Waals surface area contributed by atoms with Crippen molar-refractivity contribution < 1.29 is 18.0 Å². The Morgan fingerprint density at radius 2 is 2.07 bits per heavy atom. The molecule has 0 atom stereocenters. The molecule has 28 heavy (non-hydrogen) atoms. The fourth-order valence-corrected chi connectivity index (χ4v) is 5.67. The number of hydrogen-bond donors (Lipinski definition) is 2. The Balaban J connectivity index is 1.63. The van der Waals surface area contributed by atoms with Crippen molar-refractivity contribution in [3.05, 3.63) is 34.3 Å². The fraction of sp³-hybridized carbons (Fsp3) is 0.353. The predicted molar refractivity (Wildman–Crippen MR) is 109 cm³/mol. The Hall–Kier alpha value is -1.95. The van der Waals surface area contributed by atoms with Gasteiger partial charge in [-0.2, -0.15) is 0 Å². The van der Waals surface area contributed by atoms with E-state index in [4.69, 9.17) is 5.73 Å². The number of nitrogens with one attached hydrogen (secondary N) is 1. The maximum atomic E-state index is 12.3. The molecule has 8 nitrogen and oxygen atoms in total. The lowest BCUT2D eigenvalue weighted by atomic mass is 10.1. The summed E-state index contributed by atoms with van der Waals surface area (Å²) < 4.78 is 25.2. The molecule has 3 N–H and O–H groups in total. The van der Waals surface area contributed by atoms with Crippen molar-refractivity contribution in [1.29, 1.82) is 0 Å². The first-order valence-corrected chi connectivity index (χ1v) is 11.7. The van der Waals surface area contributed by atoms with Gasteiger partial charge >= 0.3 is 0 Å². The van der Waals surface area contributed by atoms with E-state index in [1.807, 2.05) is 0 Å². The molecule has 2 heterocycles. The molecule has 0 spiro atoms. The number of primary amides is 1. The summed E-state index contributed by atoms with van der Waals surface area (Å²) in [4.78, 5) is 29.4. The molecular formula is C17H20N4O4S3. The van der Waals surface area contributed by atoms with Crippen LogP contribution in [-0.4, -0.2) is 49.4 Å². The first-order chi connectivity index (χ1) is 13.2. The van der Waals surface area contributed by atoms with E-state index in [1.54, 1.807) is 6.07 Å². The normalized spacial score (nSPS) is 13.5. The molecule has 0 bridgehead atoms. The Bertz CT molecular complexity index is 1010. The number of carbonyl (C=O) groups excluding carboxylic acids is 2. The van der Waals surface area contributed by atoms with Gasteiger partial charge in [-0.1, -0.05) is 11.8 Å². The van der Waals surface area contributed by atoms with Gasteiger partial charge in [0.15, 0.2) is 0 Å². The topological polar surface area (TPSA) is 122 Å². The van der Waals surface area contributed by atoms with Crippen LogP contribution in [0.3, 0.4) is 0 Å². The molecule has 1 aliphatic carbocycles. The zero-order valence-corrected chi connectivity index (χ0v) is 17.8. The number of aromatic nitrogens is 1. The van der Waals surface area contributed by atoms with E-state index in [0.717, 1.165) is 34.0 Å². The third-order valence-corrected chi connectivity index (χ3v) is 8.21. The number of hydrogen-bond acceptors (Lipinski definition) is 7. The average Bonchev–Trinajstić information content (AvgIpc) is 3.20. The summed E-state index contributed by atoms with van der Waals surface area (Å²) in [5.41, 5.74) is 6.87. The highest BCUT2D eigenvalue weighted by Gasteiger charge is 2.26. The van der Waals surface area contributed by atoms with E-state index in [-0.39, 0.29) is 16.6 Å². The van der Waals surface area contributed by atoms with Crippen LogP contribution in [0.5, 0.6) is 0 Å². The van der Waals surface area contributed by atoms with Crippen LogP contribution in [0.1, 0.15) is 27.2 Å². The molecule has 0 unspecified atom stereocenters. The zero-order valence-electron chi connectivity index (χ0n) is 15.4. The molecule has 150 valence electrons. The highest BCUT2D eigenvalue weighted by atomic mass is 32.2. The Morgan fingerprint density at radius 3 is 2.68 bits per heavy atom. The number of nitrogens with two attached hydrogens (primary N) is 1. The maximum absolute atomic E-state index is 12.3. The second-order valence-electron chi connectivity index (χ2n) is 6.38. The van der Waals surface area contributed by atoms with Gasteiger partial charge in [0.1, 0.15) is 9.90 Å². The van der Waals surface area contributed by atoms with E-state index in [2.05, 4.69) is 10.3 Å². The van der Waals surface area contributed by atoms with Crippen LogP contribution in [-0.2, 0) is 27.7 Å². The molecule has 3 rings (SSSR count). The number of rotatable bonds is 7. The quantitative estimate of drug-likeness (QED) is 0.632. The highest BCUT2D eigenvalue weighted by Crippen LogP contribution is 2.38. The minimum atomic E-state index is -3.54. The van der Waals surface area contributed by atoms with Crippen LogP contribution in [0.4, 0.5) is 5.00 Å². The van der Waals surface area contributed by atoms with Crippen molar-refractivity contribution in [2.45, 2.75) is 29.2 Å². The van der Waals surface area contributed by atoms with Gasteiger partial charge in [-0.15, -0.1) is 11.3 Å². The van der Waals surface area contributed by atoms with Gasteiger partial charge in [-0.25, -0.2) is 17.7 Å². The number of thiophene rings is 1. The number of aryl methyl sites for hydroxylation is 1. The minimum absolute atomic E-state index is 0.0769. The molecule has 2 aromatic heterocycles. The lowest BCUT2D eigenvalue weighted by Crippen LogP contribution is -2.22. The number of nitrogens with zero attached hydrogens (tertiary/aromatic N) is 2. The summed E-state index contributed by atoms with van der Waals surface area (Å²) in [6, 6.07) is 3.01. The zero-order chi connectivity index (χ0) is 20.5. The van der Waals surface area contributed by atoms with Gasteiger partial charge in [-0.3, -0.25) is 9.59 Å². The summed E-state index contributed by atoms with van der Waals surface area (Å²) in [6.45, 7) is 0. The van der Waals surface area contributed by atoms with Crippen molar-refractivity contribution in [2.75, 3.05) is 25.2 Å². The van der Waals surface area contributed by atoms with Gasteiger partial charge in [0.05, 0.1) is 16.3 Å². The Labute approximate surface area is 171 Å². The lowest BCUT2D eigenvalue weighted by Gasteiger charge is -2.11. The standard InChI is InChI=1S/C17H20N4O4S3/c1-21(2)28(24,25)10-6-7-14(19-8-10)26-9-13(22)20-17-15(16(18)23)11-4-3-5-12(11)27-17/h6-8H,3-5,9H2,1-2H3,(H2,18,23)(H,20,22). The third-order valence-electron chi connectivity index (χ3n) is 4.26. The number of anilines is 1. The van der Waals surface area contributed by atoms with Crippen molar-refractivity contribution in [1.82, 2.24) is 9.29 Å². The van der Waals surface area contributed by atoms with E-state index in [1.165, 1.54) is 49.5 Å². The SMILES string of the molecule is CN(C)S(=O)(=O)c1ccc(SCC(=O)Nc2sc3c(c2C(N)=O)CCC3)nc1. The van der Waals surface area contributed by atoms with E-state index in [0.29, 0.717) is 15.6 Å². The van der Waals surface area contributed by atoms with Crippen LogP contribution in [0.2, 0.25) is 0 Å². The van der Waals surface area contributed by atoms with Gasteiger partial charge in [0.2, 0.25) is 15.9 Å². The van der Waals surface area contributed by atoms with Crippen LogP contribution < -0.4 is 11.1 Å². The average molecular weight is 441 g/mol. The number of amides is 2. The van der Waals surface area contributed by atoms with E-state index in [9.17, 15) is 18.0 Å². The molecule has 0 saturated carbocycles. The molecule has 0 fully saturated rings. The third kappa shape index (κ3) is 4.22. The van der Waals surface area contributed by atoms with E-state index < -0.39 is 15.9 Å². The van der Waals surface area contributed by atoms with Gasteiger partial charge in [-0.05, 0) is 37.0 Å². The van der Waals surface area contributed by atoms with Crippen LogP contribution in [0, 0.1) is 0 Å². The molecular weight excluding hydrogens is 420 g/mol. The number of pyridine rings is 1. The second-order valence-corrected chi connectivity index (χ2v) is 10.6. The lowest BCUT2D eigenvalue weighted by molar-refractivity contribution is -0.113. The molecule has 2 aromatic rings. The van der Waals surface area contributed by atoms with Gasteiger partial charge in [0.25, 0.3) is 5.91 Å². The molecule has 11 heteroatoms. The first kappa shape index (κ1) is 20.8. The molecule has 0 saturated heterocycles. The molecule has 2 amide bonds. The minimum Gasteiger partial charge on any atom is -0.365 e. The summed E-state index contributed by atoms with van der Waals surface area (Å²) in [6.07, 6.45) is 3.97. The summed E-state index contributed by atoms with van der Waals surface area (Å²) in [7, 11) is -0.642. The van der Waals surface area contributed by atoms with Gasteiger partial charge < -0.3 is 11.1 Å². The van der Waals surface area contributed by atoms with Crippen molar-refractivity contribution in [2.24, 2.45) is 5.73 Å². The summed E-state index contributed by atoms with van der Waals surface area (Å²) >= 11 is 2.58. The van der Waals surface area contributed by atoms with Gasteiger partial charge in [0, 0.05) is 25.2 Å². The predicted octanol–water partition coefficient (Wildman–Crippen LogP) is 1.71. The first-order valence-electron chi connectivity index (χ1n) is 8.45. The largest absolute Gasteiger partial charge is 0.365 e. The monoisotopic (exact) mass is 440 g/mol. The molecule has 1 aliphatic rings. The fourth-order valence-electron chi connectivity index (χ4n) is 2.87. The van der Waals surface area contributed by atoms with Crippen LogP contribution >= 0.6 is 23.1 Å². The molecule has 0 aromatic carbocycles. The van der Waals surface area contributed by atoms with Crippen molar-refractivity contribution >= 4 is 49.9 Å². The molecule has 0 aliphatic heterocycles. The summed E-state index contributed by atoms with van der Waals surface area (Å²) in [5.74, 6) is -0.728. The van der Waals surface area contributed by atoms with Crippen LogP contribution in [0.15, 0.2) is 28.3 Å². The van der Waals surface area contributed by atoms with E-state index >= 15 is 0 Å². The Morgan fingerprint density at radius 1 is 1.32 bits per heavy atom. The maximum Gasteiger partial charge on any atom is 0.251 e. The van der Waals surface area contributed by atoms with Crippen LogP contribution in [0.25, 0.3) is 0 Å². The van der Waals surface area contributed by atoms with Crippen molar-refractivity contribution in [3.63, 3.8) is 0 Å². The number of sulfonamides is 1. The Kier molecular flexibility index (Phi) is 6.08. The number of thioether (sulfide) groups is 1. The molecule has 0 radical (unpaired) electrons. The smallest absolute Gasteiger partial charge is 0.251 e. The van der Waals surface area contributed by atoms with Crippen molar-refractivity contribution in [3.8, 4) is 0 Å². The second kappa shape index (κ2) is 8.19.